The Morgan fingerprint density at radius 1 is 1.44 bits per heavy atom. The average molecular weight is 228 g/mol. The second kappa shape index (κ2) is 5.53. The average Bonchev–Trinajstić information content (AvgIpc) is 2.15. The second-order valence-electron chi connectivity index (χ2n) is 5.51. The Hall–Kier alpha value is -0.770. The number of hydrogen-bond donors (Lipinski definition) is 2. The minimum atomic E-state index is -0.420. The smallest absolute Gasteiger partial charge is 0.407 e. The van der Waals surface area contributed by atoms with Crippen LogP contribution in [-0.4, -0.2) is 30.8 Å². The summed E-state index contributed by atoms with van der Waals surface area (Å²) >= 11 is 0. The Morgan fingerprint density at radius 3 is 2.69 bits per heavy atom. The van der Waals surface area contributed by atoms with Crippen LogP contribution in [-0.2, 0) is 4.74 Å². The molecule has 4 heteroatoms. The molecule has 1 heterocycles. The van der Waals surface area contributed by atoms with Gasteiger partial charge in [-0.3, -0.25) is 0 Å². The maximum atomic E-state index is 11.6. The quantitative estimate of drug-likeness (QED) is 0.759. The van der Waals surface area contributed by atoms with Crippen LogP contribution in [0.1, 0.15) is 40.5 Å². The minimum absolute atomic E-state index is 0.202. The SMILES string of the molecule is CC[C@@H]1CNC[C@@H](NC(=O)OC(C)(C)C)C1. The van der Waals surface area contributed by atoms with Crippen LogP contribution in [0.2, 0.25) is 0 Å². The van der Waals surface area contributed by atoms with Gasteiger partial charge in [-0.2, -0.15) is 0 Å². The van der Waals surface area contributed by atoms with Gasteiger partial charge in [-0.15, -0.1) is 0 Å². The summed E-state index contributed by atoms with van der Waals surface area (Å²) in [7, 11) is 0. The lowest BCUT2D eigenvalue weighted by atomic mass is 9.94. The highest BCUT2D eigenvalue weighted by atomic mass is 16.6. The number of hydrogen-bond acceptors (Lipinski definition) is 3. The van der Waals surface area contributed by atoms with Gasteiger partial charge in [0.25, 0.3) is 0 Å². The van der Waals surface area contributed by atoms with E-state index >= 15 is 0 Å². The number of alkyl carbamates (subject to hydrolysis) is 1. The highest BCUT2D eigenvalue weighted by molar-refractivity contribution is 5.68. The highest BCUT2D eigenvalue weighted by Gasteiger charge is 2.24. The predicted molar refractivity (Wildman–Crippen MR) is 64.4 cm³/mol. The third-order valence-electron chi connectivity index (χ3n) is 2.74. The molecule has 0 radical (unpaired) electrons. The van der Waals surface area contributed by atoms with Crippen LogP contribution in [0.15, 0.2) is 0 Å². The van der Waals surface area contributed by atoms with Crippen LogP contribution in [0.4, 0.5) is 4.79 Å². The molecule has 1 rings (SSSR count). The van der Waals surface area contributed by atoms with E-state index in [2.05, 4.69) is 17.6 Å². The van der Waals surface area contributed by atoms with Crippen molar-refractivity contribution in [2.45, 2.75) is 52.2 Å². The Bertz CT molecular complexity index is 236. The van der Waals surface area contributed by atoms with Crippen LogP contribution in [0.5, 0.6) is 0 Å². The van der Waals surface area contributed by atoms with Crippen molar-refractivity contribution in [1.29, 1.82) is 0 Å². The van der Waals surface area contributed by atoms with Gasteiger partial charge in [0.2, 0.25) is 0 Å². The molecule has 0 unspecified atom stereocenters. The lowest BCUT2D eigenvalue weighted by Gasteiger charge is -2.30. The number of carbonyl (C=O) groups is 1. The van der Waals surface area contributed by atoms with Crippen LogP contribution in [0.25, 0.3) is 0 Å². The first kappa shape index (κ1) is 13.3. The molecule has 1 fully saturated rings. The third-order valence-corrected chi connectivity index (χ3v) is 2.74. The van der Waals surface area contributed by atoms with E-state index in [-0.39, 0.29) is 12.1 Å². The van der Waals surface area contributed by atoms with Crippen molar-refractivity contribution in [3.05, 3.63) is 0 Å². The molecule has 0 aromatic heterocycles. The lowest BCUT2D eigenvalue weighted by Crippen LogP contribution is -2.49. The molecule has 0 aromatic rings. The summed E-state index contributed by atoms with van der Waals surface area (Å²) in [5, 5.41) is 6.25. The fourth-order valence-corrected chi connectivity index (χ4v) is 1.93. The normalized spacial score (nSPS) is 26.2. The maximum Gasteiger partial charge on any atom is 0.407 e. The number of rotatable bonds is 2. The first-order chi connectivity index (χ1) is 7.40. The van der Waals surface area contributed by atoms with Gasteiger partial charge in [-0.05, 0) is 39.7 Å². The molecule has 0 saturated carbocycles. The summed E-state index contributed by atoms with van der Waals surface area (Å²) in [5.74, 6) is 0.661. The van der Waals surface area contributed by atoms with E-state index in [1.54, 1.807) is 0 Å². The number of nitrogens with one attached hydrogen (secondary N) is 2. The zero-order chi connectivity index (χ0) is 12.2. The summed E-state index contributed by atoms with van der Waals surface area (Å²) in [6, 6.07) is 0.202. The van der Waals surface area contributed by atoms with Gasteiger partial charge >= 0.3 is 6.09 Å². The number of piperidine rings is 1. The van der Waals surface area contributed by atoms with Crippen LogP contribution < -0.4 is 10.6 Å². The Balaban J connectivity index is 2.33. The van der Waals surface area contributed by atoms with Gasteiger partial charge in [0.15, 0.2) is 0 Å². The molecular weight excluding hydrogens is 204 g/mol. The molecule has 0 aromatic carbocycles. The molecule has 94 valence electrons. The van der Waals surface area contributed by atoms with Gasteiger partial charge in [0.05, 0.1) is 0 Å². The standard InChI is InChI=1S/C12H24N2O2/c1-5-9-6-10(8-13-7-9)14-11(15)16-12(2,3)4/h9-10,13H,5-8H2,1-4H3,(H,14,15)/t9-,10-/m0/s1. The molecule has 1 saturated heterocycles. The third kappa shape index (κ3) is 4.84. The van der Waals surface area contributed by atoms with Crippen molar-refractivity contribution >= 4 is 6.09 Å². The van der Waals surface area contributed by atoms with Crippen LogP contribution in [0.3, 0.4) is 0 Å². The summed E-state index contributed by atoms with van der Waals surface area (Å²) < 4.78 is 5.23. The van der Waals surface area contributed by atoms with Gasteiger partial charge in [-0.1, -0.05) is 13.3 Å². The molecule has 0 bridgehead atoms. The number of ether oxygens (including phenoxy) is 1. The van der Waals surface area contributed by atoms with Gasteiger partial charge in [-0.25, -0.2) is 4.79 Å². The fourth-order valence-electron chi connectivity index (χ4n) is 1.93. The first-order valence-corrected chi connectivity index (χ1v) is 6.11. The largest absolute Gasteiger partial charge is 0.444 e. The molecule has 2 atom stereocenters. The zero-order valence-corrected chi connectivity index (χ0v) is 10.8. The van der Waals surface area contributed by atoms with Crippen LogP contribution >= 0.6 is 0 Å². The van der Waals surface area contributed by atoms with Crippen molar-refractivity contribution in [3.8, 4) is 0 Å². The molecular formula is C12H24N2O2. The van der Waals surface area contributed by atoms with Crippen molar-refractivity contribution in [2.24, 2.45) is 5.92 Å². The van der Waals surface area contributed by atoms with Crippen molar-refractivity contribution in [2.75, 3.05) is 13.1 Å². The summed E-state index contributed by atoms with van der Waals surface area (Å²) in [4.78, 5) is 11.6. The summed E-state index contributed by atoms with van der Waals surface area (Å²) in [5.41, 5.74) is -0.420. The van der Waals surface area contributed by atoms with Gasteiger partial charge in [0.1, 0.15) is 5.60 Å². The maximum absolute atomic E-state index is 11.6. The second-order valence-corrected chi connectivity index (χ2v) is 5.51. The van der Waals surface area contributed by atoms with E-state index in [9.17, 15) is 4.79 Å². The van der Waals surface area contributed by atoms with E-state index < -0.39 is 5.60 Å². The predicted octanol–water partition coefficient (Wildman–Crippen LogP) is 1.90. The fraction of sp³-hybridized carbons (Fsp3) is 0.917. The zero-order valence-electron chi connectivity index (χ0n) is 10.8. The van der Waals surface area contributed by atoms with E-state index in [4.69, 9.17) is 4.74 Å². The van der Waals surface area contributed by atoms with E-state index in [0.717, 1.165) is 25.9 Å². The Kier molecular flexibility index (Phi) is 4.59. The van der Waals surface area contributed by atoms with Crippen molar-refractivity contribution in [3.63, 3.8) is 0 Å². The number of carbonyl (C=O) groups excluding carboxylic acids is 1. The summed E-state index contributed by atoms with van der Waals surface area (Å²) in [6.07, 6.45) is 1.89. The molecule has 0 spiro atoms. The first-order valence-electron chi connectivity index (χ1n) is 6.11. The Morgan fingerprint density at radius 2 is 2.12 bits per heavy atom. The molecule has 4 nitrogen and oxygen atoms in total. The van der Waals surface area contributed by atoms with Gasteiger partial charge in [0, 0.05) is 12.6 Å². The van der Waals surface area contributed by atoms with Crippen LogP contribution in [0, 0.1) is 5.92 Å². The monoisotopic (exact) mass is 228 g/mol. The van der Waals surface area contributed by atoms with Gasteiger partial charge < -0.3 is 15.4 Å². The molecule has 1 aliphatic rings. The minimum Gasteiger partial charge on any atom is -0.444 e. The lowest BCUT2D eigenvalue weighted by molar-refractivity contribution is 0.0489. The van der Waals surface area contributed by atoms with Crippen molar-refractivity contribution in [1.82, 2.24) is 10.6 Å². The molecule has 16 heavy (non-hydrogen) atoms. The number of amides is 1. The van der Waals surface area contributed by atoms with E-state index in [1.165, 1.54) is 0 Å². The molecule has 1 aliphatic heterocycles. The van der Waals surface area contributed by atoms with E-state index in [1.807, 2.05) is 20.8 Å². The Labute approximate surface area is 98.1 Å². The molecule has 2 N–H and O–H groups in total. The molecule has 1 amide bonds. The highest BCUT2D eigenvalue weighted by Crippen LogP contribution is 2.14. The molecule has 0 aliphatic carbocycles. The van der Waals surface area contributed by atoms with Crippen molar-refractivity contribution < 1.29 is 9.53 Å². The van der Waals surface area contributed by atoms with E-state index in [0.29, 0.717) is 5.92 Å². The topological polar surface area (TPSA) is 50.4 Å². The summed E-state index contributed by atoms with van der Waals surface area (Å²) in [6.45, 7) is 9.71.